The van der Waals surface area contributed by atoms with E-state index in [4.69, 9.17) is 4.74 Å². The normalized spacial score (nSPS) is 19.4. The molecule has 2 aromatic rings. The molecule has 1 aliphatic heterocycles. The average Bonchev–Trinajstić information content (AvgIpc) is 3.32. The Balaban J connectivity index is 1.47. The van der Waals surface area contributed by atoms with Gasteiger partial charge in [0, 0.05) is 36.8 Å². The van der Waals surface area contributed by atoms with Gasteiger partial charge >= 0.3 is 0 Å². The first-order valence-electron chi connectivity index (χ1n) is 11.1. The molecule has 1 saturated heterocycles. The van der Waals surface area contributed by atoms with Gasteiger partial charge in [0.05, 0.1) is 12.7 Å². The number of carbonyl (C=O) groups excluding carboxylic acids is 2. The number of amides is 2. The number of benzene rings is 2. The van der Waals surface area contributed by atoms with E-state index in [0.717, 1.165) is 31.2 Å². The van der Waals surface area contributed by atoms with E-state index in [-0.39, 0.29) is 24.0 Å². The van der Waals surface area contributed by atoms with Crippen molar-refractivity contribution in [3.63, 3.8) is 0 Å². The van der Waals surface area contributed by atoms with Crippen LogP contribution in [-0.2, 0) is 4.74 Å². The van der Waals surface area contributed by atoms with Gasteiger partial charge in [0.15, 0.2) is 0 Å². The van der Waals surface area contributed by atoms with Crippen LogP contribution in [0, 0.1) is 12.7 Å². The second-order valence-corrected chi connectivity index (χ2v) is 8.52. The van der Waals surface area contributed by atoms with Crippen molar-refractivity contribution in [3.8, 4) is 0 Å². The Labute approximate surface area is 182 Å². The van der Waals surface area contributed by atoms with E-state index in [1.165, 1.54) is 12.1 Å². The molecular formula is C25H29FN2O3. The number of aryl methyl sites for hydroxylation is 1. The van der Waals surface area contributed by atoms with Gasteiger partial charge in [-0.3, -0.25) is 9.59 Å². The zero-order valence-corrected chi connectivity index (χ0v) is 17.9. The van der Waals surface area contributed by atoms with Gasteiger partial charge in [-0.05, 0) is 50.1 Å². The summed E-state index contributed by atoms with van der Waals surface area (Å²) >= 11 is 0. The van der Waals surface area contributed by atoms with Crippen LogP contribution in [0.1, 0.15) is 52.0 Å². The van der Waals surface area contributed by atoms with Crippen molar-refractivity contribution in [2.45, 2.75) is 44.8 Å². The van der Waals surface area contributed by atoms with Crippen LogP contribution in [0.3, 0.4) is 0 Å². The fourth-order valence-corrected chi connectivity index (χ4v) is 4.51. The lowest BCUT2D eigenvalue weighted by Crippen LogP contribution is -2.52. The SMILES string of the molecule is Cc1ccc(C(=O)N(CC2CN(C(=O)c3cccc(F)c3)CCO2)C2CCCC2)cc1. The molecule has 4 rings (SSSR count). The summed E-state index contributed by atoms with van der Waals surface area (Å²) in [4.78, 5) is 29.8. The topological polar surface area (TPSA) is 49.9 Å². The summed E-state index contributed by atoms with van der Waals surface area (Å²) in [5.41, 5.74) is 2.14. The Morgan fingerprint density at radius 2 is 1.84 bits per heavy atom. The molecule has 2 aliphatic rings. The van der Waals surface area contributed by atoms with Crippen molar-refractivity contribution in [3.05, 3.63) is 71.0 Å². The maximum atomic E-state index is 13.6. The average molecular weight is 425 g/mol. The van der Waals surface area contributed by atoms with Crippen LogP contribution in [0.25, 0.3) is 0 Å². The van der Waals surface area contributed by atoms with Gasteiger partial charge < -0.3 is 14.5 Å². The summed E-state index contributed by atoms with van der Waals surface area (Å²) in [5, 5.41) is 0. The van der Waals surface area contributed by atoms with E-state index in [2.05, 4.69) is 0 Å². The summed E-state index contributed by atoms with van der Waals surface area (Å²) in [6.07, 6.45) is 3.98. The third-order valence-corrected chi connectivity index (χ3v) is 6.22. The Kier molecular flexibility index (Phi) is 6.66. The molecule has 1 atom stereocenters. The molecule has 0 bridgehead atoms. The third kappa shape index (κ3) is 5.13. The molecule has 0 aromatic heterocycles. The van der Waals surface area contributed by atoms with Gasteiger partial charge in [-0.2, -0.15) is 0 Å². The number of rotatable bonds is 5. The van der Waals surface area contributed by atoms with Crippen LogP contribution in [0.4, 0.5) is 4.39 Å². The molecular weight excluding hydrogens is 395 g/mol. The van der Waals surface area contributed by atoms with Crippen molar-refractivity contribution < 1.29 is 18.7 Å². The van der Waals surface area contributed by atoms with Crippen LogP contribution in [0.15, 0.2) is 48.5 Å². The Morgan fingerprint density at radius 3 is 2.55 bits per heavy atom. The molecule has 1 heterocycles. The fourth-order valence-electron chi connectivity index (χ4n) is 4.51. The summed E-state index contributed by atoms with van der Waals surface area (Å²) < 4.78 is 19.5. The van der Waals surface area contributed by atoms with Crippen molar-refractivity contribution in [2.75, 3.05) is 26.2 Å². The minimum absolute atomic E-state index is 0.0177. The maximum absolute atomic E-state index is 13.6. The number of hydrogen-bond donors (Lipinski definition) is 0. The molecule has 2 aromatic carbocycles. The minimum Gasteiger partial charge on any atom is -0.373 e. The highest BCUT2D eigenvalue weighted by molar-refractivity contribution is 5.95. The van der Waals surface area contributed by atoms with Crippen LogP contribution in [0.5, 0.6) is 0 Å². The molecule has 1 unspecified atom stereocenters. The lowest BCUT2D eigenvalue weighted by Gasteiger charge is -2.38. The van der Waals surface area contributed by atoms with E-state index in [1.807, 2.05) is 36.1 Å². The second-order valence-electron chi connectivity index (χ2n) is 8.52. The van der Waals surface area contributed by atoms with Gasteiger partial charge in [0.25, 0.3) is 11.8 Å². The van der Waals surface area contributed by atoms with Gasteiger partial charge in [0.2, 0.25) is 0 Å². The minimum atomic E-state index is -0.424. The first-order chi connectivity index (χ1) is 15.0. The van der Waals surface area contributed by atoms with E-state index >= 15 is 0 Å². The van der Waals surface area contributed by atoms with Crippen LogP contribution in [-0.4, -0.2) is 60.0 Å². The van der Waals surface area contributed by atoms with Crippen molar-refractivity contribution in [1.82, 2.24) is 9.80 Å². The number of carbonyl (C=O) groups is 2. The molecule has 2 amide bonds. The van der Waals surface area contributed by atoms with E-state index in [1.54, 1.807) is 17.0 Å². The summed E-state index contributed by atoms with van der Waals surface area (Å²) in [6, 6.07) is 13.6. The zero-order chi connectivity index (χ0) is 21.8. The molecule has 31 heavy (non-hydrogen) atoms. The zero-order valence-electron chi connectivity index (χ0n) is 17.9. The molecule has 5 nitrogen and oxygen atoms in total. The predicted octanol–water partition coefficient (Wildman–Crippen LogP) is 4.06. The Bertz CT molecular complexity index is 925. The first-order valence-corrected chi connectivity index (χ1v) is 11.1. The molecule has 1 aliphatic carbocycles. The molecule has 6 heteroatoms. The maximum Gasteiger partial charge on any atom is 0.254 e. The van der Waals surface area contributed by atoms with E-state index in [9.17, 15) is 14.0 Å². The highest BCUT2D eigenvalue weighted by Crippen LogP contribution is 2.26. The van der Waals surface area contributed by atoms with E-state index < -0.39 is 5.82 Å². The van der Waals surface area contributed by atoms with Crippen molar-refractivity contribution >= 4 is 11.8 Å². The predicted molar refractivity (Wildman–Crippen MR) is 117 cm³/mol. The van der Waals surface area contributed by atoms with Gasteiger partial charge in [-0.1, -0.05) is 36.6 Å². The lowest BCUT2D eigenvalue weighted by molar-refractivity contribution is -0.0371. The summed E-state index contributed by atoms with van der Waals surface area (Å²) in [7, 11) is 0. The number of ether oxygens (including phenoxy) is 1. The van der Waals surface area contributed by atoms with Gasteiger partial charge in [-0.25, -0.2) is 4.39 Å². The van der Waals surface area contributed by atoms with Crippen molar-refractivity contribution in [1.29, 1.82) is 0 Å². The highest BCUT2D eigenvalue weighted by Gasteiger charge is 2.33. The van der Waals surface area contributed by atoms with E-state index in [0.29, 0.717) is 37.4 Å². The third-order valence-electron chi connectivity index (χ3n) is 6.22. The molecule has 2 fully saturated rings. The highest BCUT2D eigenvalue weighted by atomic mass is 19.1. The monoisotopic (exact) mass is 424 g/mol. The quantitative estimate of drug-likeness (QED) is 0.727. The number of nitrogens with zero attached hydrogens (tertiary/aromatic N) is 2. The summed E-state index contributed by atoms with van der Waals surface area (Å²) in [5.74, 6) is -0.610. The molecule has 1 saturated carbocycles. The first kappa shape index (κ1) is 21.5. The second kappa shape index (κ2) is 9.60. The summed E-state index contributed by atoms with van der Waals surface area (Å²) in [6.45, 7) is 3.71. The molecule has 0 spiro atoms. The smallest absolute Gasteiger partial charge is 0.254 e. The number of morpholine rings is 1. The van der Waals surface area contributed by atoms with Gasteiger partial charge in [-0.15, -0.1) is 0 Å². The standard InChI is InChI=1S/C25H29FN2O3/c1-18-9-11-19(12-10-18)25(30)28(22-7-2-3-8-22)17-23-16-27(13-14-31-23)24(29)20-5-4-6-21(26)15-20/h4-6,9-12,15,22-23H,2-3,7-8,13-14,16-17H2,1H3. The lowest BCUT2D eigenvalue weighted by atomic mass is 10.1. The van der Waals surface area contributed by atoms with Crippen LogP contribution < -0.4 is 0 Å². The Hall–Kier alpha value is -2.73. The van der Waals surface area contributed by atoms with Gasteiger partial charge in [0.1, 0.15) is 5.82 Å². The number of hydrogen-bond acceptors (Lipinski definition) is 3. The van der Waals surface area contributed by atoms with Crippen LogP contribution >= 0.6 is 0 Å². The fraction of sp³-hybridized carbons (Fsp3) is 0.440. The molecule has 0 radical (unpaired) electrons. The molecule has 0 N–H and O–H groups in total. The molecule has 164 valence electrons. The van der Waals surface area contributed by atoms with Crippen LogP contribution in [0.2, 0.25) is 0 Å². The number of halogens is 1. The van der Waals surface area contributed by atoms with Crippen molar-refractivity contribution in [2.24, 2.45) is 0 Å². The Morgan fingerprint density at radius 1 is 1.10 bits per heavy atom. The largest absolute Gasteiger partial charge is 0.373 e.